The second-order valence-electron chi connectivity index (χ2n) is 4.42. The Balaban J connectivity index is 2.29. The summed E-state index contributed by atoms with van der Waals surface area (Å²) in [6, 6.07) is 0.750. The second kappa shape index (κ2) is 5.16. The van der Waals surface area contributed by atoms with Crippen molar-refractivity contribution in [2.75, 3.05) is 6.61 Å². The fourth-order valence-electron chi connectivity index (χ4n) is 2.05. The van der Waals surface area contributed by atoms with Crippen LogP contribution in [0, 0.1) is 0 Å². The van der Waals surface area contributed by atoms with E-state index in [4.69, 9.17) is 10.5 Å². The average Bonchev–Trinajstić information content (AvgIpc) is 2.80. The van der Waals surface area contributed by atoms with E-state index in [9.17, 15) is 18.0 Å². The van der Waals surface area contributed by atoms with Crippen LogP contribution in [0.1, 0.15) is 34.5 Å². The van der Waals surface area contributed by atoms with Crippen LogP contribution in [0.15, 0.2) is 12.3 Å². The molecular formula is C12H13F3N2O2. The predicted octanol–water partition coefficient (Wildman–Crippen LogP) is 1.92. The van der Waals surface area contributed by atoms with Gasteiger partial charge < -0.3 is 10.5 Å². The molecule has 4 nitrogen and oxygen atoms in total. The maximum Gasteiger partial charge on any atom is 0.417 e. The lowest BCUT2D eigenvalue weighted by Gasteiger charge is -2.13. The highest BCUT2D eigenvalue weighted by atomic mass is 19.4. The number of carbonyl (C=O) groups is 1. The van der Waals surface area contributed by atoms with Crippen molar-refractivity contribution in [2.24, 2.45) is 5.73 Å². The molecule has 0 spiro atoms. The molecule has 19 heavy (non-hydrogen) atoms. The number of hydrogen-bond acceptors (Lipinski definition) is 3. The molecule has 2 heterocycles. The molecule has 104 valence electrons. The molecule has 1 aliphatic heterocycles. The van der Waals surface area contributed by atoms with E-state index in [1.54, 1.807) is 0 Å². The number of primary amides is 1. The highest BCUT2D eigenvalue weighted by molar-refractivity contribution is 5.94. The standard InChI is InChI=1S/C12H13F3N2O2/c13-12(14,15)7-4-9(11(16)18)10(17-6-7)5-8-2-1-3-19-8/h4,6,8H,1-3,5H2,(H2,16,18). The first kappa shape index (κ1) is 13.8. The third-order valence-electron chi connectivity index (χ3n) is 3.01. The number of alkyl halides is 3. The van der Waals surface area contributed by atoms with E-state index >= 15 is 0 Å². The lowest BCUT2D eigenvalue weighted by atomic mass is 10.0. The van der Waals surface area contributed by atoms with Gasteiger partial charge in [0.2, 0.25) is 0 Å². The van der Waals surface area contributed by atoms with E-state index in [-0.39, 0.29) is 17.4 Å². The highest BCUT2D eigenvalue weighted by Gasteiger charge is 2.32. The van der Waals surface area contributed by atoms with Crippen LogP contribution in [0.25, 0.3) is 0 Å². The Morgan fingerprint density at radius 2 is 2.26 bits per heavy atom. The Bertz CT molecular complexity index is 482. The van der Waals surface area contributed by atoms with Gasteiger partial charge in [-0.3, -0.25) is 9.78 Å². The normalized spacial score (nSPS) is 19.6. The first-order chi connectivity index (χ1) is 8.88. The van der Waals surface area contributed by atoms with Crippen LogP contribution in [-0.2, 0) is 17.3 Å². The van der Waals surface area contributed by atoms with Gasteiger partial charge in [-0.1, -0.05) is 0 Å². The van der Waals surface area contributed by atoms with Gasteiger partial charge in [0, 0.05) is 19.2 Å². The molecule has 0 radical (unpaired) electrons. The lowest BCUT2D eigenvalue weighted by Crippen LogP contribution is -2.20. The summed E-state index contributed by atoms with van der Waals surface area (Å²) in [6.07, 6.45) is -1.92. The summed E-state index contributed by atoms with van der Waals surface area (Å²) in [7, 11) is 0. The van der Waals surface area contributed by atoms with Gasteiger partial charge in [0.15, 0.2) is 0 Å². The molecule has 1 amide bonds. The fraction of sp³-hybridized carbons (Fsp3) is 0.500. The van der Waals surface area contributed by atoms with E-state index in [2.05, 4.69) is 4.98 Å². The number of ether oxygens (including phenoxy) is 1. The molecular weight excluding hydrogens is 261 g/mol. The van der Waals surface area contributed by atoms with Crippen molar-refractivity contribution in [1.82, 2.24) is 4.98 Å². The lowest BCUT2D eigenvalue weighted by molar-refractivity contribution is -0.137. The van der Waals surface area contributed by atoms with Crippen molar-refractivity contribution in [3.63, 3.8) is 0 Å². The fourth-order valence-corrected chi connectivity index (χ4v) is 2.05. The Morgan fingerprint density at radius 1 is 1.53 bits per heavy atom. The van der Waals surface area contributed by atoms with Crippen LogP contribution < -0.4 is 5.73 Å². The molecule has 1 aliphatic rings. The Hall–Kier alpha value is -1.63. The summed E-state index contributed by atoms with van der Waals surface area (Å²) in [5.74, 6) is -0.911. The molecule has 1 aromatic rings. The number of amides is 1. The van der Waals surface area contributed by atoms with Gasteiger partial charge in [-0.25, -0.2) is 0 Å². The second-order valence-corrected chi connectivity index (χ2v) is 4.42. The zero-order valence-electron chi connectivity index (χ0n) is 10.0. The Labute approximate surface area is 107 Å². The molecule has 0 aromatic carbocycles. The number of halogens is 3. The molecule has 1 saturated heterocycles. The number of hydrogen-bond donors (Lipinski definition) is 1. The van der Waals surface area contributed by atoms with Gasteiger partial charge in [-0.2, -0.15) is 13.2 Å². The molecule has 0 aliphatic carbocycles. The predicted molar refractivity (Wildman–Crippen MR) is 60.4 cm³/mol. The minimum absolute atomic E-state index is 0.109. The minimum Gasteiger partial charge on any atom is -0.378 e. The van der Waals surface area contributed by atoms with Crippen molar-refractivity contribution in [3.8, 4) is 0 Å². The number of carbonyl (C=O) groups excluding carboxylic acids is 1. The molecule has 0 bridgehead atoms. The number of aromatic nitrogens is 1. The SMILES string of the molecule is NC(=O)c1cc(C(F)(F)F)cnc1CC1CCCO1. The molecule has 2 rings (SSSR count). The number of rotatable bonds is 3. The van der Waals surface area contributed by atoms with Gasteiger partial charge in [0.05, 0.1) is 22.9 Å². The zero-order valence-corrected chi connectivity index (χ0v) is 10.0. The van der Waals surface area contributed by atoms with Crippen molar-refractivity contribution in [1.29, 1.82) is 0 Å². The molecule has 0 saturated carbocycles. The van der Waals surface area contributed by atoms with Crippen molar-refractivity contribution in [2.45, 2.75) is 31.5 Å². The third kappa shape index (κ3) is 3.23. The minimum atomic E-state index is -4.54. The quantitative estimate of drug-likeness (QED) is 0.915. The summed E-state index contributed by atoms with van der Waals surface area (Å²) in [5, 5.41) is 0. The first-order valence-electron chi connectivity index (χ1n) is 5.85. The van der Waals surface area contributed by atoms with Crippen LogP contribution in [0.3, 0.4) is 0 Å². The summed E-state index contributed by atoms with van der Waals surface area (Å²) in [6.45, 7) is 0.622. The Morgan fingerprint density at radius 3 is 2.79 bits per heavy atom. The van der Waals surface area contributed by atoms with Crippen LogP contribution >= 0.6 is 0 Å². The Kier molecular flexibility index (Phi) is 3.75. The van der Waals surface area contributed by atoms with Crippen LogP contribution in [0.2, 0.25) is 0 Å². The molecule has 7 heteroatoms. The summed E-state index contributed by atoms with van der Waals surface area (Å²) < 4.78 is 43.0. The number of pyridine rings is 1. The van der Waals surface area contributed by atoms with E-state index in [0.717, 1.165) is 25.1 Å². The maximum atomic E-state index is 12.6. The number of nitrogens with zero attached hydrogens (tertiary/aromatic N) is 1. The van der Waals surface area contributed by atoms with Gasteiger partial charge in [-0.05, 0) is 18.9 Å². The van der Waals surface area contributed by atoms with Gasteiger partial charge in [0.25, 0.3) is 5.91 Å². The van der Waals surface area contributed by atoms with Crippen molar-refractivity contribution >= 4 is 5.91 Å². The van der Waals surface area contributed by atoms with Crippen LogP contribution in [0.4, 0.5) is 13.2 Å². The van der Waals surface area contributed by atoms with Crippen molar-refractivity contribution in [3.05, 3.63) is 29.1 Å². The van der Waals surface area contributed by atoms with Crippen LogP contribution in [-0.4, -0.2) is 23.6 Å². The molecule has 1 atom stereocenters. The number of nitrogens with two attached hydrogens (primary N) is 1. The maximum absolute atomic E-state index is 12.6. The van der Waals surface area contributed by atoms with Gasteiger partial charge in [0.1, 0.15) is 0 Å². The molecule has 2 N–H and O–H groups in total. The largest absolute Gasteiger partial charge is 0.417 e. The summed E-state index contributed by atoms with van der Waals surface area (Å²) >= 11 is 0. The third-order valence-corrected chi connectivity index (χ3v) is 3.01. The molecule has 1 aromatic heterocycles. The van der Waals surface area contributed by atoms with Crippen molar-refractivity contribution < 1.29 is 22.7 Å². The topological polar surface area (TPSA) is 65.2 Å². The van der Waals surface area contributed by atoms with E-state index in [0.29, 0.717) is 13.0 Å². The van der Waals surface area contributed by atoms with E-state index in [1.807, 2.05) is 0 Å². The zero-order chi connectivity index (χ0) is 14.0. The smallest absolute Gasteiger partial charge is 0.378 e. The van der Waals surface area contributed by atoms with E-state index < -0.39 is 17.6 Å². The monoisotopic (exact) mass is 274 g/mol. The highest BCUT2D eigenvalue weighted by Crippen LogP contribution is 2.30. The summed E-state index contributed by atoms with van der Waals surface area (Å²) in [5.41, 5.74) is 4.21. The average molecular weight is 274 g/mol. The first-order valence-corrected chi connectivity index (χ1v) is 5.85. The van der Waals surface area contributed by atoms with Gasteiger partial charge >= 0.3 is 6.18 Å². The van der Waals surface area contributed by atoms with Gasteiger partial charge in [-0.15, -0.1) is 0 Å². The van der Waals surface area contributed by atoms with E-state index in [1.165, 1.54) is 0 Å². The molecule has 1 fully saturated rings. The summed E-state index contributed by atoms with van der Waals surface area (Å²) in [4.78, 5) is 15.0. The molecule has 1 unspecified atom stereocenters. The van der Waals surface area contributed by atoms with Crippen LogP contribution in [0.5, 0.6) is 0 Å².